The van der Waals surface area contributed by atoms with Crippen LogP contribution in [-0.4, -0.2) is 29.0 Å². The highest BCUT2D eigenvalue weighted by atomic mass is 35.5. The number of rotatable bonds is 2. The lowest BCUT2D eigenvalue weighted by atomic mass is 10.0. The quantitative estimate of drug-likeness (QED) is 0.456. The monoisotopic (exact) mass is 252 g/mol. The Morgan fingerprint density at radius 1 is 1.24 bits per heavy atom. The fourth-order valence-electron chi connectivity index (χ4n) is 1.77. The second-order valence-electron chi connectivity index (χ2n) is 3.58. The van der Waals surface area contributed by atoms with Crippen LogP contribution in [0.1, 0.15) is 27.6 Å². The molecule has 0 radical (unpaired) electrons. The molecule has 0 bridgehead atoms. The van der Waals surface area contributed by atoms with Crippen LogP contribution in [0.5, 0.6) is 0 Å². The molecule has 0 heterocycles. The highest BCUT2D eigenvalue weighted by Crippen LogP contribution is 2.36. The molecule has 0 saturated heterocycles. The molecule has 0 amide bonds. The first-order chi connectivity index (χ1) is 8.03. The Kier molecular flexibility index (Phi) is 2.75. The normalized spacial score (nSPS) is 16.8. The molecular weight excluding hydrogens is 244 g/mol. The molecule has 1 aromatic carbocycles. The molecule has 1 aliphatic rings. The minimum Gasteiger partial charge on any atom is -0.464 e. The van der Waals surface area contributed by atoms with Gasteiger partial charge in [-0.3, -0.25) is 9.59 Å². The Morgan fingerprint density at radius 2 is 1.71 bits per heavy atom. The summed E-state index contributed by atoms with van der Waals surface area (Å²) in [7, 11) is 0. The van der Waals surface area contributed by atoms with E-state index in [1.807, 2.05) is 0 Å². The van der Waals surface area contributed by atoms with Crippen molar-refractivity contribution in [3.63, 3.8) is 0 Å². The highest BCUT2D eigenvalue weighted by Gasteiger charge is 2.58. The Morgan fingerprint density at radius 3 is 2.12 bits per heavy atom. The van der Waals surface area contributed by atoms with E-state index in [2.05, 4.69) is 4.74 Å². The first-order valence-electron chi connectivity index (χ1n) is 5.08. The number of carbonyl (C=O) groups excluding carboxylic acids is 3. The number of ketones is 2. The van der Waals surface area contributed by atoms with Gasteiger partial charge >= 0.3 is 5.97 Å². The molecule has 0 saturated carbocycles. The fourth-order valence-corrected chi connectivity index (χ4v) is 2.03. The molecule has 5 heteroatoms. The fraction of sp³-hybridized carbons (Fsp3) is 0.250. The number of fused-ring (bicyclic) bond motifs is 1. The van der Waals surface area contributed by atoms with Crippen LogP contribution in [-0.2, 0) is 9.53 Å². The molecule has 0 spiro atoms. The predicted molar refractivity (Wildman–Crippen MR) is 60.3 cm³/mol. The number of Topliss-reactive ketones (excluding diaryl/α,β-unsaturated/α-hetero) is 2. The summed E-state index contributed by atoms with van der Waals surface area (Å²) in [6.07, 6.45) is 0. The number of ether oxygens (including phenoxy) is 1. The molecule has 1 aliphatic carbocycles. The summed E-state index contributed by atoms with van der Waals surface area (Å²) < 4.78 is 4.69. The third-order valence-corrected chi connectivity index (χ3v) is 3.10. The van der Waals surface area contributed by atoms with E-state index < -0.39 is 22.4 Å². The maximum Gasteiger partial charge on any atom is 0.343 e. The average molecular weight is 253 g/mol. The van der Waals surface area contributed by atoms with Gasteiger partial charge in [0, 0.05) is 11.1 Å². The SMILES string of the molecule is CCOC(=O)C1(Cl)C(=O)c2ccccc2C1=O. The summed E-state index contributed by atoms with van der Waals surface area (Å²) in [5.41, 5.74) is 0.334. The zero-order valence-corrected chi connectivity index (χ0v) is 9.78. The maximum absolute atomic E-state index is 12.0. The summed E-state index contributed by atoms with van der Waals surface area (Å²) in [6.45, 7) is 1.64. The van der Waals surface area contributed by atoms with Crippen LogP contribution in [0.2, 0.25) is 0 Å². The second kappa shape index (κ2) is 3.96. The smallest absolute Gasteiger partial charge is 0.343 e. The van der Waals surface area contributed by atoms with Gasteiger partial charge in [-0.25, -0.2) is 4.79 Å². The third kappa shape index (κ3) is 1.48. The Balaban J connectivity index is 2.52. The van der Waals surface area contributed by atoms with Crippen molar-refractivity contribution in [2.24, 2.45) is 0 Å². The molecule has 1 aromatic rings. The molecule has 2 rings (SSSR count). The molecule has 0 unspecified atom stereocenters. The average Bonchev–Trinajstić information content (AvgIpc) is 2.54. The van der Waals surface area contributed by atoms with Crippen molar-refractivity contribution >= 4 is 29.1 Å². The summed E-state index contributed by atoms with van der Waals surface area (Å²) in [5.74, 6) is -2.43. The van der Waals surface area contributed by atoms with Crippen molar-refractivity contribution in [1.82, 2.24) is 0 Å². The van der Waals surface area contributed by atoms with Crippen molar-refractivity contribution in [3.8, 4) is 0 Å². The largest absolute Gasteiger partial charge is 0.464 e. The van der Waals surface area contributed by atoms with Gasteiger partial charge < -0.3 is 4.74 Å². The minimum absolute atomic E-state index is 0.0597. The maximum atomic E-state index is 12.0. The Hall–Kier alpha value is -1.68. The van der Waals surface area contributed by atoms with Gasteiger partial charge in [-0.2, -0.15) is 0 Å². The highest BCUT2D eigenvalue weighted by molar-refractivity contribution is 6.64. The van der Waals surface area contributed by atoms with Crippen molar-refractivity contribution < 1.29 is 19.1 Å². The predicted octanol–water partition coefficient (Wildman–Crippen LogP) is 1.61. The summed E-state index contributed by atoms with van der Waals surface area (Å²) in [6, 6.07) is 6.16. The van der Waals surface area contributed by atoms with Crippen molar-refractivity contribution in [3.05, 3.63) is 35.4 Å². The molecule has 0 aliphatic heterocycles. The van der Waals surface area contributed by atoms with Crippen LogP contribution in [0.4, 0.5) is 0 Å². The molecule has 17 heavy (non-hydrogen) atoms. The summed E-state index contributed by atoms with van der Waals surface area (Å²) in [4.78, 5) is 33.4. The molecule has 0 N–H and O–H groups in total. The lowest BCUT2D eigenvalue weighted by molar-refractivity contribution is -0.143. The van der Waals surface area contributed by atoms with Gasteiger partial charge in [0.15, 0.2) is 0 Å². The van der Waals surface area contributed by atoms with Gasteiger partial charge in [-0.15, -0.1) is 0 Å². The lowest BCUT2D eigenvalue weighted by Gasteiger charge is -2.15. The van der Waals surface area contributed by atoms with E-state index in [1.165, 1.54) is 12.1 Å². The van der Waals surface area contributed by atoms with Crippen LogP contribution >= 0.6 is 11.6 Å². The number of hydrogen-bond donors (Lipinski definition) is 0. The van der Waals surface area contributed by atoms with Gasteiger partial charge in [0.2, 0.25) is 11.6 Å². The van der Waals surface area contributed by atoms with Crippen molar-refractivity contribution in [2.75, 3.05) is 6.61 Å². The first kappa shape index (κ1) is 11.8. The molecular formula is C12H9ClO4. The summed E-state index contributed by atoms with van der Waals surface area (Å²) in [5, 5.41) is 0. The number of halogens is 1. The van der Waals surface area contributed by atoms with Crippen LogP contribution in [0.3, 0.4) is 0 Å². The standard InChI is InChI=1S/C12H9ClO4/c1-2-17-11(16)12(13)9(14)7-5-3-4-6-8(7)10(12)15/h3-6H,2H2,1H3. The van der Waals surface area contributed by atoms with Crippen molar-refractivity contribution in [2.45, 2.75) is 11.8 Å². The van der Waals surface area contributed by atoms with E-state index in [-0.39, 0.29) is 17.7 Å². The second-order valence-corrected chi connectivity index (χ2v) is 4.15. The van der Waals surface area contributed by atoms with Crippen LogP contribution < -0.4 is 0 Å². The van der Waals surface area contributed by atoms with E-state index in [1.54, 1.807) is 19.1 Å². The molecule has 4 nitrogen and oxygen atoms in total. The van der Waals surface area contributed by atoms with Crippen LogP contribution in [0, 0.1) is 0 Å². The Bertz CT molecular complexity index is 486. The van der Waals surface area contributed by atoms with Gasteiger partial charge in [0.05, 0.1) is 6.61 Å². The van der Waals surface area contributed by atoms with Gasteiger partial charge in [-0.1, -0.05) is 35.9 Å². The van der Waals surface area contributed by atoms with E-state index in [0.717, 1.165) is 0 Å². The van der Waals surface area contributed by atoms with Crippen molar-refractivity contribution in [1.29, 1.82) is 0 Å². The van der Waals surface area contributed by atoms with E-state index in [9.17, 15) is 14.4 Å². The van der Waals surface area contributed by atoms with Gasteiger partial charge in [-0.05, 0) is 6.92 Å². The minimum atomic E-state index is -2.24. The van der Waals surface area contributed by atoms with E-state index in [4.69, 9.17) is 11.6 Å². The zero-order valence-electron chi connectivity index (χ0n) is 9.03. The topological polar surface area (TPSA) is 60.4 Å². The molecule has 88 valence electrons. The number of esters is 1. The lowest BCUT2D eigenvalue weighted by Crippen LogP contribution is -2.44. The van der Waals surface area contributed by atoms with Crippen LogP contribution in [0.15, 0.2) is 24.3 Å². The number of hydrogen-bond acceptors (Lipinski definition) is 4. The number of alkyl halides is 1. The molecule has 0 aromatic heterocycles. The zero-order chi connectivity index (χ0) is 12.6. The number of benzene rings is 1. The van der Waals surface area contributed by atoms with Gasteiger partial charge in [0.1, 0.15) is 0 Å². The summed E-state index contributed by atoms with van der Waals surface area (Å²) >= 11 is 5.89. The molecule has 0 fully saturated rings. The van der Waals surface area contributed by atoms with Crippen LogP contribution in [0.25, 0.3) is 0 Å². The first-order valence-corrected chi connectivity index (χ1v) is 5.46. The van der Waals surface area contributed by atoms with E-state index >= 15 is 0 Å². The third-order valence-electron chi connectivity index (χ3n) is 2.60. The van der Waals surface area contributed by atoms with E-state index in [0.29, 0.717) is 0 Å². The molecule has 0 atom stereocenters. The van der Waals surface area contributed by atoms with Gasteiger partial charge in [0.25, 0.3) is 4.87 Å². The Labute approximate surface area is 103 Å². The number of carbonyl (C=O) groups is 3.